The van der Waals surface area contributed by atoms with Crippen molar-refractivity contribution in [1.29, 1.82) is 0 Å². The minimum absolute atomic E-state index is 0.220. The Morgan fingerprint density at radius 3 is 2.76 bits per heavy atom. The zero-order valence-electron chi connectivity index (χ0n) is 11.3. The molecule has 0 saturated heterocycles. The van der Waals surface area contributed by atoms with Crippen molar-refractivity contribution in [2.75, 3.05) is 18.5 Å². The molecule has 2 heterocycles. The molecule has 0 fully saturated rings. The molecule has 0 aliphatic carbocycles. The van der Waals surface area contributed by atoms with E-state index in [-0.39, 0.29) is 12.4 Å². The van der Waals surface area contributed by atoms with Crippen molar-refractivity contribution in [2.24, 2.45) is 0 Å². The molecule has 0 amide bonds. The lowest BCUT2D eigenvalue weighted by molar-refractivity contribution is -0.168. The molecule has 118 valence electrons. The first-order chi connectivity index (χ1) is 9.94. The first-order valence-electron chi connectivity index (χ1n) is 6.38. The molecule has 1 aromatic rings. The molecule has 0 radical (unpaired) electrons. The van der Waals surface area contributed by atoms with Crippen molar-refractivity contribution in [2.45, 2.75) is 37.4 Å². The highest BCUT2D eigenvalue weighted by atomic mass is 32.2. The van der Waals surface area contributed by atoms with E-state index in [1.807, 2.05) is 6.92 Å². The lowest BCUT2D eigenvalue weighted by Gasteiger charge is -2.15. The normalized spacial score (nSPS) is 14.6. The van der Waals surface area contributed by atoms with E-state index >= 15 is 0 Å². The van der Waals surface area contributed by atoms with Gasteiger partial charge in [-0.05, 0) is 6.92 Å². The Hall–Kier alpha value is -1.09. The topological polar surface area (TPSA) is 47.0 Å². The van der Waals surface area contributed by atoms with E-state index in [0.29, 0.717) is 12.4 Å². The van der Waals surface area contributed by atoms with Gasteiger partial charge in [0.1, 0.15) is 19.0 Å². The Kier molecular flexibility index (Phi) is 5.26. The van der Waals surface area contributed by atoms with Crippen LogP contribution in [0.2, 0.25) is 0 Å². The number of ether oxygens (including phenoxy) is 1. The highest BCUT2D eigenvalue weighted by Crippen LogP contribution is 2.32. The van der Waals surface area contributed by atoms with Crippen LogP contribution in [0.4, 0.5) is 23.4 Å². The molecule has 0 atom stereocenters. The average molecular weight is 325 g/mol. The van der Waals surface area contributed by atoms with Crippen LogP contribution in [0.1, 0.15) is 24.0 Å². The molecule has 0 bridgehead atoms. The molecule has 4 nitrogen and oxygen atoms in total. The predicted molar refractivity (Wildman–Crippen MR) is 71.8 cm³/mol. The van der Waals surface area contributed by atoms with Crippen LogP contribution in [0, 0.1) is 0 Å². The smallest absolute Gasteiger partial charge is 0.330 e. The van der Waals surface area contributed by atoms with Gasteiger partial charge in [0.25, 0.3) is 0 Å². The predicted octanol–water partition coefficient (Wildman–Crippen LogP) is 3.07. The van der Waals surface area contributed by atoms with Crippen molar-refractivity contribution >= 4 is 17.6 Å². The van der Waals surface area contributed by atoms with Crippen molar-refractivity contribution in [3.05, 3.63) is 17.1 Å². The average Bonchev–Trinajstić information content (AvgIpc) is 2.87. The summed E-state index contributed by atoms with van der Waals surface area (Å²) in [5.74, 6) is -1.76. The fourth-order valence-corrected chi connectivity index (χ4v) is 2.86. The summed E-state index contributed by atoms with van der Waals surface area (Å²) in [6, 6.07) is 0. The first-order valence-corrected chi connectivity index (χ1v) is 7.53. The molecule has 0 spiro atoms. The molecule has 0 unspecified atom stereocenters. The van der Waals surface area contributed by atoms with Gasteiger partial charge < -0.3 is 10.1 Å². The zero-order valence-corrected chi connectivity index (χ0v) is 12.2. The zero-order chi connectivity index (χ0) is 15.5. The highest BCUT2D eigenvalue weighted by molar-refractivity contribution is 7.98. The second-order valence-corrected chi connectivity index (χ2v) is 5.48. The van der Waals surface area contributed by atoms with E-state index in [1.165, 1.54) is 0 Å². The van der Waals surface area contributed by atoms with Crippen molar-refractivity contribution in [3.63, 3.8) is 0 Å². The quantitative estimate of drug-likeness (QED) is 0.781. The van der Waals surface area contributed by atoms with E-state index in [4.69, 9.17) is 0 Å². The second-order valence-electron chi connectivity index (χ2n) is 4.49. The van der Waals surface area contributed by atoms with Crippen LogP contribution < -0.4 is 5.32 Å². The van der Waals surface area contributed by atoms with Crippen LogP contribution >= 0.6 is 11.8 Å². The van der Waals surface area contributed by atoms with Crippen molar-refractivity contribution < 1.29 is 22.3 Å². The summed E-state index contributed by atoms with van der Waals surface area (Å²) in [7, 11) is 0. The van der Waals surface area contributed by atoms with Gasteiger partial charge in [0.15, 0.2) is 5.82 Å². The number of alkyl halides is 4. The third kappa shape index (κ3) is 3.97. The van der Waals surface area contributed by atoms with Crippen molar-refractivity contribution in [1.82, 2.24) is 9.97 Å². The van der Waals surface area contributed by atoms with Crippen LogP contribution in [-0.4, -0.2) is 35.5 Å². The Labute approximate surface area is 123 Å². The number of hydrogen-bond donors (Lipinski definition) is 1. The van der Waals surface area contributed by atoms with Gasteiger partial charge in [-0.3, -0.25) is 0 Å². The molecule has 0 aromatic carbocycles. The van der Waals surface area contributed by atoms with Gasteiger partial charge in [0.2, 0.25) is 0 Å². The highest BCUT2D eigenvalue weighted by Gasteiger charge is 2.41. The summed E-state index contributed by atoms with van der Waals surface area (Å²) in [5.41, 5.74) is 1.84. The maximum Gasteiger partial charge on any atom is 0.330 e. The van der Waals surface area contributed by atoms with Crippen LogP contribution in [0.5, 0.6) is 0 Å². The van der Waals surface area contributed by atoms with E-state index in [1.54, 1.807) is 11.8 Å². The minimum Gasteiger partial charge on any atom is -0.370 e. The number of fused-ring (bicyclic) bond motifs is 1. The van der Waals surface area contributed by atoms with E-state index < -0.39 is 19.0 Å². The Bertz CT molecular complexity index is 502. The fourth-order valence-electron chi connectivity index (χ4n) is 1.82. The summed E-state index contributed by atoms with van der Waals surface area (Å²) in [6.45, 7) is 0.906. The summed E-state index contributed by atoms with van der Waals surface area (Å²) in [5, 5.41) is 3.09. The first kappa shape index (κ1) is 16.3. The van der Waals surface area contributed by atoms with Gasteiger partial charge in [-0.2, -0.15) is 20.5 Å². The largest absolute Gasteiger partial charge is 0.370 e. The van der Waals surface area contributed by atoms with Gasteiger partial charge in [-0.25, -0.2) is 18.7 Å². The molecule has 0 saturated carbocycles. The van der Waals surface area contributed by atoms with E-state index in [0.717, 1.165) is 22.8 Å². The number of hydrogen-bond acceptors (Lipinski definition) is 5. The molecule has 9 heteroatoms. The molecule has 2 rings (SSSR count). The third-order valence-corrected chi connectivity index (χ3v) is 3.78. The third-order valence-electron chi connectivity index (χ3n) is 2.81. The summed E-state index contributed by atoms with van der Waals surface area (Å²) in [4.78, 5) is 8.44. The van der Waals surface area contributed by atoms with Crippen LogP contribution in [-0.2, 0) is 22.8 Å². The number of nitrogens with zero attached hydrogens (tertiary/aromatic N) is 2. The lowest BCUT2D eigenvalue weighted by Crippen LogP contribution is -2.32. The van der Waals surface area contributed by atoms with Gasteiger partial charge in [-0.1, -0.05) is 0 Å². The summed E-state index contributed by atoms with van der Waals surface area (Å²) < 4.78 is 54.1. The lowest BCUT2D eigenvalue weighted by atomic mass is 10.2. The van der Waals surface area contributed by atoms with Gasteiger partial charge in [0.05, 0.1) is 5.69 Å². The molecular formula is C12H15F4N3OS. The Morgan fingerprint density at radius 2 is 2.10 bits per heavy atom. The van der Waals surface area contributed by atoms with E-state index in [9.17, 15) is 17.6 Å². The minimum atomic E-state index is -4.16. The Balaban J connectivity index is 2.02. The number of nitrogens with one attached hydrogen (secondary N) is 1. The SMILES string of the molecule is CCNc1nc(COCC(F)(F)C(F)F)nc2c1CSC2. The van der Waals surface area contributed by atoms with Crippen LogP contribution in [0.3, 0.4) is 0 Å². The number of halogens is 4. The molecule has 1 N–H and O–H groups in total. The molecule has 1 aromatic heterocycles. The van der Waals surface area contributed by atoms with Gasteiger partial charge in [0, 0.05) is 23.6 Å². The van der Waals surface area contributed by atoms with Gasteiger partial charge in [-0.15, -0.1) is 0 Å². The van der Waals surface area contributed by atoms with Crippen LogP contribution in [0.25, 0.3) is 0 Å². The fraction of sp³-hybridized carbons (Fsp3) is 0.667. The van der Waals surface area contributed by atoms with Crippen molar-refractivity contribution in [3.8, 4) is 0 Å². The molecule has 1 aliphatic heterocycles. The maximum absolute atomic E-state index is 12.7. The van der Waals surface area contributed by atoms with E-state index in [2.05, 4.69) is 20.0 Å². The molecular weight excluding hydrogens is 310 g/mol. The number of rotatable bonds is 7. The van der Waals surface area contributed by atoms with Gasteiger partial charge >= 0.3 is 12.3 Å². The maximum atomic E-state index is 12.7. The summed E-state index contributed by atoms with van der Waals surface area (Å²) >= 11 is 1.68. The number of anilines is 1. The van der Waals surface area contributed by atoms with Crippen LogP contribution in [0.15, 0.2) is 0 Å². The molecule has 1 aliphatic rings. The standard InChI is InChI=1S/C12H15F4N3OS/c1-2-17-10-7-4-21-5-8(7)18-9(19-10)3-20-6-12(15,16)11(13)14/h11H,2-6H2,1H3,(H,17,18,19). The summed E-state index contributed by atoms with van der Waals surface area (Å²) in [6.07, 6.45) is -3.74. The Morgan fingerprint density at radius 1 is 1.33 bits per heavy atom. The molecule has 21 heavy (non-hydrogen) atoms. The monoisotopic (exact) mass is 325 g/mol. The second kappa shape index (κ2) is 6.78. The number of thioether (sulfide) groups is 1. The number of aromatic nitrogens is 2.